The molecule has 2 N–H and O–H groups in total. The molecule has 2 fully saturated rings. The van der Waals surface area contributed by atoms with E-state index in [0.717, 1.165) is 29.3 Å². The van der Waals surface area contributed by atoms with E-state index < -0.39 is 0 Å². The summed E-state index contributed by atoms with van der Waals surface area (Å²) in [6.45, 7) is 3.01. The fourth-order valence-electron chi connectivity index (χ4n) is 3.70. The zero-order chi connectivity index (χ0) is 18.4. The van der Waals surface area contributed by atoms with Crippen LogP contribution in [0.3, 0.4) is 0 Å². The molecular formula is C21H22N4OS. The number of nitrogens with zero attached hydrogens (tertiary/aromatic N) is 2. The van der Waals surface area contributed by atoms with Crippen LogP contribution < -0.4 is 10.6 Å². The lowest BCUT2D eigenvalue weighted by Crippen LogP contribution is -2.20. The average molecular weight is 379 g/mol. The first-order valence-corrected chi connectivity index (χ1v) is 10.4. The Morgan fingerprint density at radius 3 is 2.85 bits per heavy atom. The first-order chi connectivity index (χ1) is 13.2. The Bertz CT molecular complexity index is 1010. The van der Waals surface area contributed by atoms with E-state index in [4.69, 9.17) is 0 Å². The number of hydrogen-bond acceptors (Lipinski definition) is 5. The summed E-state index contributed by atoms with van der Waals surface area (Å²) in [5.41, 5.74) is 1.96. The Morgan fingerprint density at radius 2 is 2.07 bits per heavy atom. The third kappa shape index (κ3) is 3.59. The molecule has 0 aliphatic heterocycles. The predicted molar refractivity (Wildman–Crippen MR) is 108 cm³/mol. The first kappa shape index (κ1) is 16.8. The summed E-state index contributed by atoms with van der Waals surface area (Å²) in [4.78, 5) is 12.8. The molecule has 0 bridgehead atoms. The zero-order valence-corrected chi connectivity index (χ0v) is 16.1. The van der Waals surface area contributed by atoms with Crippen molar-refractivity contribution in [2.75, 3.05) is 11.9 Å². The summed E-state index contributed by atoms with van der Waals surface area (Å²) >= 11 is 1.39. The van der Waals surface area contributed by atoms with Crippen molar-refractivity contribution in [2.45, 2.75) is 38.1 Å². The molecule has 5 rings (SSSR count). The molecule has 2 saturated carbocycles. The molecule has 27 heavy (non-hydrogen) atoms. The van der Waals surface area contributed by atoms with E-state index in [1.165, 1.54) is 35.1 Å². The van der Waals surface area contributed by atoms with Crippen molar-refractivity contribution in [3.63, 3.8) is 0 Å². The summed E-state index contributed by atoms with van der Waals surface area (Å²) in [6.07, 6.45) is 3.89. The largest absolute Gasteiger partial charge is 0.313 e. The number of rotatable bonds is 6. The maximum atomic E-state index is 12.8. The maximum Gasteiger partial charge on any atom is 0.257 e. The Kier molecular flexibility index (Phi) is 4.17. The van der Waals surface area contributed by atoms with Gasteiger partial charge in [-0.25, -0.2) is 0 Å². The number of anilines is 1. The smallest absolute Gasteiger partial charge is 0.257 e. The zero-order valence-electron chi connectivity index (χ0n) is 15.2. The van der Waals surface area contributed by atoms with Crippen LogP contribution >= 0.6 is 11.3 Å². The Labute approximate surface area is 162 Å². The second kappa shape index (κ2) is 6.69. The van der Waals surface area contributed by atoms with Crippen LogP contribution in [0.1, 0.15) is 46.1 Å². The first-order valence-electron chi connectivity index (χ1n) is 9.55. The van der Waals surface area contributed by atoms with Gasteiger partial charge in [0.05, 0.1) is 0 Å². The van der Waals surface area contributed by atoms with Crippen LogP contribution in [-0.2, 0) is 0 Å². The molecule has 0 saturated heterocycles. The Balaban J connectivity index is 1.42. The Hall–Kier alpha value is -2.31. The van der Waals surface area contributed by atoms with Crippen LogP contribution in [0.15, 0.2) is 36.4 Å². The minimum atomic E-state index is -0.124. The molecule has 0 unspecified atom stereocenters. The lowest BCUT2D eigenvalue weighted by molar-refractivity contribution is 0.102. The summed E-state index contributed by atoms with van der Waals surface area (Å²) in [7, 11) is 0. The van der Waals surface area contributed by atoms with Crippen molar-refractivity contribution >= 4 is 33.1 Å². The number of fused-ring (bicyclic) bond motifs is 1. The van der Waals surface area contributed by atoms with E-state index in [9.17, 15) is 4.79 Å². The number of amides is 1. The fraction of sp³-hybridized carbons (Fsp3) is 0.381. The molecule has 3 aromatic rings. The lowest BCUT2D eigenvalue weighted by atomic mass is 9.97. The summed E-state index contributed by atoms with van der Waals surface area (Å²) < 4.78 is 0. The number of benzene rings is 2. The van der Waals surface area contributed by atoms with Crippen LogP contribution in [0.5, 0.6) is 0 Å². The molecule has 2 aromatic carbocycles. The van der Waals surface area contributed by atoms with E-state index in [-0.39, 0.29) is 5.91 Å². The minimum Gasteiger partial charge on any atom is -0.313 e. The number of carbonyl (C=O) groups is 1. The molecule has 1 heterocycles. The lowest BCUT2D eigenvalue weighted by Gasteiger charge is -2.11. The molecule has 1 amide bonds. The van der Waals surface area contributed by atoms with Gasteiger partial charge in [-0.2, -0.15) is 0 Å². The summed E-state index contributed by atoms with van der Waals surface area (Å²) in [6, 6.07) is 12.9. The average Bonchev–Trinajstić information content (AvgIpc) is 3.58. The fourth-order valence-corrected chi connectivity index (χ4v) is 4.29. The highest BCUT2D eigenvalue weighted by Gasteiger charge is 2.40. The maximum absolute atomic E-state index is 12.8. The van der Waals surface area contributed by atoms with E-state index in [0.29, 0.717) is 22.7 Å². The molecule has 2 aliphatic rings. The van der Waals surface area contributed by atoms with Gasteiger partial charge in [-0.3, -0.25) is 10.1 Å². The van der Waals surface area contributed by atoms with Gasteiger partial charge in [0.15, 0.2) is 0 Å². The van der Waals surface area contributed by atoms with Crippen molar-refractivity contribution in [3.8, 4) is 0 Å². The number of carbonyl (C=O) groups excluding carboxylic acids is 1. The van der Waals surface area contributed by atoms with Crippen LogP contribution in [0.25, 0.3) is 10.8 Å². The van der Waals surface area contributed by atoms with Crippen molar-refractivity contribution in [1.29, 1.82) is 0 Å². The highest BCUT2D eigenvalue weighted by atomic mass is 32.1. The van der Waals surface area contributed by atoms with Crippen molar-refractivity contribution < 1.29 is 4.79 Å². The summed E-state index contributed by atoms with van der Waals surface area (Å²) in [5.74, 6) is 1.25. The van der Waals surface area contributed by atoms with Crippen LogP contribution in [0.4, 0.5) is 5.13 Å². The second-order valence-corrected chi connectivity index (χ2v) is 8.85. The van der Waals surface area contributed by atoms with Crippen LogP contribution in [-0.4, -0.2) is 28.7 Å². The van der Waals surface area contributed by atoms with Crippen molar-refractivity contribution in [1.82, 2.24) is 15.5 Å². The third-order valence-electron chi connectivity index (χ3n) is 5.46. The summed E-state index contributed by atoms with van der Waals surface area (Å²) in [5, 5.41) is 18.3. The molecule has 2 atom stereocenters. The number of hydrogen-bond donors (Lipinski definition) is 2. The minimum absolute atomic E-state index is 0.124. The van der Waals surface area contributed by atoms with Gasteiger partial charge < -0.3 is 5.32 Å². The third-order valence-corrected chi connectivity index (χ3v) is 6.21. The number of nitrogens with one attached hydrogen (secondary N) is 2. The monoisotopic (exact) mass is 378 g/mol. The van der Waals surface area contributed by atoms with E-state index in [1.54, 1.807) is 0 Å². The highest BCUT2D eigenvalue weighted by Crippen LogP contribution is 2.44. The molecule has 1 aromatic heterocycles. The quantitative estimate of drug-likeness (QED) is 0.677. The highest BCUT2D eigenvalue weighted by molar-refractivity contribution is 7.15. The van der Waals surface area contributed by atoms with E-state index >= 15 is 0 Å². The van der Waals surface area contributed by atoms with Gasteiger partial charge in [0, 0.05) is 17.5 Å². The van der Waals surface area contributed by atoms with Crippen LogP contribution in [0.2, 0.25) is 0 Å². The normalized spacial score (nSPS) is 21.4. The number of aryl methyl sites for hydroxylation is 1. The van der Waals surface area contributed by atoms with E-state index in [2.05, 4.69) is 45.1 Å². The molecule has 138 valence electrons. The molecule has 2 aliphatic carbocycles. The van der Waals surface area contributed by atoms with Crippen molar-refractivity contribution in [2.24, 2.45) is 5.92 Å². The topological polar surface area (TPSA) is 66.9 Å². The molecule has 0 radical (unpaired) electrons. The molecule has 6 heteroatoms. The van der Waals surface area contributed by atoms with Gasteiger partial charge in [0.25, 0.3) is 5.91 Å². The van der Waals surface area contributed by atoms with Gasteiger partial charge in [-0.05, 0) is 67.1 Å². The molecule has 5 nitrogen and oxygen atoms in total. The van der Waals surface area contributed by atoms with Gasteiger partial charge in [0.1, 0.15) is 5.01 Å². The predicted octanol–water partition coefficient (Wildman–Crippen LogP) is 4.11. The van der Waals surface area contributed by atoms with Crippen LogP contribution in [0, 0.1) is 12.8 Å². The number of aromatic nitrogens is 2. The van der Waals surface area contributed by atoms with Crippen molar-refractivity contribution in [3.05, 3.63) is 52.5 Å². The molecule has 0 spiro atoms. The van der Waals surface area contributed by atoms with Gasteiger partial charge in [-0.1, -0.05) is 35.6 Å². The standard InChI is InChI=1S/C21H22N4OS/c1-12-24-25-21(27-12)23-20(26)15-8-14-4-2-3-5-16(14)17(9-15)18-10-19(18)22-11-13-6-7-13/h2-5,8-9,13,18-19,22H,6-7,10-11H2,1H3,(H,23,25,26)/t18-,19+/m0/s1. The Morgan fingerprint density at radius 1 is 1.22 bits per heavy atom. The van der Waals surface area contributed by atoms with Gasteiger partial charge in [0.2, 0.25) is 5.13 Å². The molecular weight excluding hydrogens is 356 g/mol. The van der Waals surface area contributed by atoms with Gasteiger partial charge >= 0.3 is 0 Å². The van der Waals surface area contributed by atoms with E-state index in [1.807, 2.05) is 19.1 Å². The second-order valence-electron chi connectivity index (χ2n) is 7.67. The van der Waals surface area contributed by atoms with Gasteiger partial charge in [-0.15, -0.1) is 10.2 Å². The SMILES string of the molecule is Cc1nnc(NC(=O)c2cc([C@@H]3C[C@H]3NCC3CC3)c3ccccc3c2)s1.